The van der Waals surface area contributed by atoms with Crippen molar-refractivity contribution < 1.29 is 0 Å². The van der Waals surface area contributed by atoms with Gasteiger partial charge in [0.2, 0.25) is 0 Å². The van der Waals surface area contributed by atoms with Gasteiger partial charge in [-0.25, -0.2) is 0 Å². The van der Waals surface area contributed by atoms with Crippen LogP contribution in [0, 0.1) is 35.5 Å². The van der Waals surface area contributed by atoms with Crippen LogP contribution < -0.4 is 0 Å². The van der Waals surface area contributed by atoms with Crippen molar-refractivity contribution in [2.45, 2.75) is 110 Å². The molecule has 0 spiro atoms. The zero-order chi connectivity index (χ0) is 17.5. The average molecular weight is 353 g/mol. The summed E-state index contributed by atoms with van der Waals surface area (Å²) in [7, 11) is 0. The summed E-state index contributed by atoms with van der Waals surface area (Å²) in [6.07, 6.45) is 17.5. The lowest BCUT2D eigenvalue weighted by atomic mass is 9.68. The van der Waals surface area contributed by atoms with Crippen LogP contribution in [0.15, 0.2) is 0 Å². The Morgan fingerprint density at radius 2 is 1.29 bits per heavy atom. The van der Waals surface area contributed by atoms with Crippen LogP contribution in [0.4, 0.5) is 0 Å². The summed E-state index contributed by atoms with van der Waals surface area (Å²) in [6.45, 7) is 9.78. The maximum atomic E-state index is 4.67. The topological polar surface area (TPSA) is 0 Å². The van der Waals surface area contributed by atoms with E-state index < -0.39 is 0 Å². The molecule has 0 saturated heterocycles. The quantitative estimate of drug-likeness (QED) is 0.424. The first kappa shape index (κ1) is 20.7. The van der Waals surface area contributed by atoms with Gasteiger partial charge in [0.1, 0.15) is 0 Å². The van der Waals surface area contributed by atoms with Crippen molar-refractivity contribution in [1.82, 2.24) is 0 Å². The maximum absolute atomic E-state index is 4.67. The van der Waals surface area contributed by atoms with Crippen molar-refractivity contribution in [3.05, 3.63) is 0 Å². The van der Waals surface area contributed by atoms with Crippen LogP contribution in [-0.2, 0) is 0 Å². The first-order chi connectivity index (χ1) is 11.5. The Bertz CT molecular complexity index is 323. The number of hydrogen-bond acceptors (Lipinski definition) is 1. The summed E-state index contributed by atoms with van der Waals surface area (Å²) in [4.78, 5) is 0. The molecule has 0 aromatic rings. The van der Waals surface area contributed by atoms with Crippen molar-refractivity contribution in [2.75, 3.05) is 0 Å². The van der Waals surface area contributed by atoms with E-state index >= 15 is 0 Å². The van der Waals surface area contributed by atoms with E-state index in [1.54, 1.807) is 0 Å². The van der Waals surface area contributed by atoms with Gasteiger partial charge in [0, 0.05) is 5.25 Å². The van der Waals surface area contributed by atoms with Crippen molar-refractivity contribution in [1.29, 1.82) is 0 Å². The van der Waals surface area contributed by atoms with Gasteiger partial charge in [0.25, 0.3) is 0 Å². The van der Waals surface area contributed by atoms with E-state index in [4.69, 9.17) is 0 Å². The van der Waals surface area contributed by atoms with Crippen LogP contribution in [-0.4, -0.2) is 5.25 Å². The lowest BCUT2D eigenvalue weighted by Gasteiger charge is -2.38. The first-order valence-electron chi connectivity index (χ1n) is 11.2. The minimum atomic E-state index is 0.704. The monoisotopic (exact) mass is 352 g/mol. The molecular weight excluding hydrogens is 308 g/mol. The third-order valence-corrected chi connectivity index (χ3v) is 8.16. The van der Waals surface area contributed by atoms with Gasteiger partial charge in [-0.1, -0.05) is 47.0 Å². The minimum Gasteiger partial charge on any atom is -0.176 e. The third-order valence-electron chi connectivity index (χ3n) is 7.65. The molecule has 3 atom stereocenters. The Morgan fingerprint density at radius 3 is 1.83 bits per heavy atom. The van der Waals surface area contributed by atoms with E-state index in [1.165, 1.54) is 77.0 Å². The molecule has 0 radical (unpaired) electrons. The van der Waals surface area contributed by atoms with Crippen LogP contribution in [0.3, 0.4) is 0 Å². The number of rotatable bonds is 8. The van der Waals surface area contributed by atoms with Gasteiger partial charge < -0.3 is 0 Å². The standard InChI is InChI=1S/C23H44S/c1-5-17(2)16-18(3)6-7-19(4)20-8-10-21(11-9-20)22-12-14-23(24)15-13-22/h17-24H,5-16H2,1-4H3. The zero-order valence-corrected chi connectivity index (χ0v) is 17.9. The van der Waals surface area contributed by atoms with Gasteiger partial charge in [-0.05, 0) is 93.3 Å². The van der Waals surface area contributed by atoms with E-state index in [2.05, 4.69) is 40.3 Å². The van der Waals surface area contributed by atoms with E-state index in [0.717, 1.165) is 35.5 Å². The highest BCUT2D eigenvalue weighted by atomic mass is 32.1. The predicted octanol–water partition coefficient (Wildman–Crippen LogP) is 7.77. The summed E-state index contributed by atoms with van der Waals surface area (Å²) in [5, 5.41) is 0.704. The molecule has 3 unspecified atom stereocenters. The largest absolute Gasteiger partial charge is 0.176 e. The van der Waals surface area contributed by atoms with Crippen molar-refractivity contribution in [2.24, 2.45) is 35.5 Å². The fraction of sp³-hybridized carbons (Fsp3) is 1.00. The molecule has 2 fully saturated rings. The summed E-state index contributed by atoms with van der Waals surface area (Å²) in [6, 6.07) is 0. The molecule has 2 aliphatic carbocycles. The zero-order valence-electron chi connectivity index (χ0n) is 17.0. The highest BCUT2D eigenvalue weighted by Crippen LogP contribution is 2.43. The molecule has 0 aliphatic heterocycles. The molecule has 2 aliphatic rings. The Kier molecular flexibility index (Phi) is 9.03. The summed E-state index contributed by atoms with van der Waals surface area (Å²) in [5.74, 6) is 5.92. The molecule has 0 aromatic carbocycles. The lowest BCUT2D eigenvalue weighted by molar-refractivity contribution is 0.139. The second-order valence-electron chi connectivity index (χ2n) is 9.65. The van der Waals surface area contributed by atoms with Crippen molar-refractivity contribution in [3.8, 4) is 0 Å². The summed E-state index contributed by atoms with van der Waals surface area (Å²) in [5.41, 5.74) is 0. The van der Waals surface area contributed by atoms with Crippen LogP contribution in [0.25, 0.3) is 0 Å². The highest BCUT2D eigenvalue weighted by Gasteiger charge is 2.31. The Hall–Kier alpha value is 0.350. The van der Waals surface area contributed by atoms with Crippen molar-refractivity contribution >= 4 is 12.6 Å². The maximum Gasteiger partial charge on any atom is 0.00170 e. The lowest BCUT2D eigenvalue weighted by Crippen LogP contribution is -2.28. The van der Waals surface area contributed by atoms with Crippen LogP contribution in [0.5, 0.6) is 0 Å². The molecule has 0 heterocycles. The second kappa shape index (κ2) is 10.5. The smallest absolute Gasteiger partial charge is 0.00170 e. The Morgan fingerprint density at radius 1 is 0.750 bits per heavy atom. The fourth-order valence-corrected chi connectivity index (χ4v) is 5.81. The molecule has 0 N–H and O–H groups in total. The SMILES string of the molecule is CCC(C)CC(C)CCC(C)C1CCC(C2CCC(S)CC2)CC1. The molecule has 0 amide bonds. The third kappa shape index (κ3) is 6.58. The van der Waals surface area contributed by atoms with E-state index in [0.29, 0.717) is 5.25 Å². The average Bonchev–Trinajstić information content (AvgIpc) is 2.60. The van der Waals surface area contributed by atoms with Gasteiger partial charge >= 0.3 is 0 Å². The van der Waals surface area contributed by atoms with E-state index in [-0.39, 0.29) is 0 Å². The van der Waals surface area contributed by atoms with E-state index in [9.17, 15) is 0 Å². The van der Waals surface area contributed by atoms with Gasteiger partial charge in [-0.2, -0.15) is 12.6 Å². The number of thiol groups is 1. The molecule has 142 valence electrons. The molecule has 2 rings (SSSR count). The Labute approximate surface area is 158 Å². The summed E-state index contributed by atoms with van der Waals surface area (Å²) >= 11 is 4.67. The predicted molar refractivity (Wildman–Crippen MR) is 112 cm³/mol. The second-order valence-corrected chi connectivity index (χ2v) is 10.4. The van der Waals surface area contributed by atoms with Crippen LogP contribution >= 0.6 is 12.6 Å². The molecule has 0 nitrogen and oxygen atoms in total. The Balaban J connectivity index is 1.64. The fourth-order valence-electron chi connectivity index (χ4n) is 5.51. The van der Waals surface area contributed by atoms with Gasteiger partial charge in [-0.3, -0.25) is 0 Å². The van der Waals surface area contributed by atoms with Crippen molar-refractivity contribution in [3.63, 3.8) is 0 Å². The van der Waals surface area contributed by atoms with E-state index in [1.807, 2.05) is 0 Å². The molecule has 2 saturated carbocycles. The molecule has 24 heavy (non-hydrogen) atoms. The molecule has 1 heteroatoms. The van der Waals surface area contributed by atoms with Crippen LogP contribution in [0.1, 0.15) is 105 Å². The molecule has 0 aromatic heterocycles. The number of hydrogen-bond donors (Lipinski definition) is 1. The van der Waals surface area contributed by atoms with Crippen LogP contribution in [0.2, 0.25) is 0 Å². The highest BCUT2D eigenvalue weighted by molar-refractivity contribution is 7.80. The van der Waals surface area contributed by atoms with Gasteiger partial charge in [0.05, 0.1) is 0 Å². The van der Waals surface area contributed by atoms with Gasteiger partial charge in [0.15, 0.2) is 0 Å². The minimum absolute atomic E-state index is 0.704. The molecule has 0 bridgehead atoms. The first-order valence-corrected chi connectivity index (χ1v) is 11.7. The summed E-state index contributed by atoms with van der Waals surface area (Å²) < 4.78 is 0. The van der Waals surface area contributed by atoms with Gasteiger partial charge in [-0.15, -0.1) is 0 Å². The normalized spacial score (nSPS) is 35.4. The molecular formula is C23H44S.